The second-order valence-corrected chi connectivity index (χ2v) is 7.69. The second-order valence-electron chi connectivity index (χ2n) is 3.78. The number of hydrogen-bond acceptors (Lipinski definition) is 1. The van der Waals surface area contributed by atoms with Crippen molar-refractivity contribution in [1.29, 1.82) is 0 Å². The van der Waals surface area contributed by atoms with Gasteiger partial charge in [0.05, 0.1) is 2.88 Å². The highest BCUT2D eigenvalue weighted by molar-refractivity contribution is 14.1. The van der Waals surface area contributed by atoms with Gasteiger partial charge in [-0.3, -0.25) is 0 Å². The average Bonchev–Trinajstić information content (AvgIpc) is 2.68. The molecule has 0 bridgehead atoms. The van der Waals surface area contributed by atoms with Gasteiger partial charge < -0.3 is 0 Å². The summed E-state index contributed by atoms with van der Waals surface area (Å²) in [5, 5.41) is 2.24. The van der Waals surface area contributed by atoms with Crippen molar-refractivity contribution >= 4 is 49.9 Å². The van der Waals surface area contributed by atoms with Crippen molar-refractivity contribution in [2.45, 2.75) is 18.2 Å². The molecule has 2 rings (SSSR count). The monoisotopic (exact) mass is 406 g/mol. The van der Waals surface area contributed by atoms with E-state index in [9.17, 15) is 0 Å². The molecule has 1 heterocycles. The van der Waals surface area contributed by atoms with Crippen LogP contribution in [0.15, 0.2) is 35.7 Å². The first-order chi connectivity index (χ1) is 7.66. The lowest BCUT2D eigenvalue weighted by molar-refractivity contribution is 0.943. The van der Waals surface area contributed by atoms with Gasteiger partial charge in [-0.05, 0) is 64.1 Å². The topological polar surface area (TPSA) is 0 Å². The minimum atomic E-state index is 0.424. The molecule has 1 aromatic heterocycles. The van der Waals surface area contributed by atoms with Crippen molar-refractivity contribution in [3.05, 3.63) is 55.3 Å². The zero-order chi connectivity index (χ0) is 11.5. The van der Waals surface area contributed by atoms with Crippen molar-refractivity contribution in [3.8, 4) is 0 Å². The first-order valence-electron chi connectivity index (χ1n) is 5.09. The Morgan fingerprint density at radius 3 is 2.75 bits per heavy atom. The maximum Gasteiger partial charge on any atom is 0.0656 e. The van der Waals surface area contributed by atoms with Gasteiger partial charge in [-0.2, -0.15) is 0 Å². The van der Waals surface area contributed by atoms with E-state index < -0.39 is 0 Å². The van der Waals surface area contributed by atoms with Crippen LogP contribution in [0.25, 0.3) is 0 Å². The lowest BCUT2D eigenvalue weighted by atomic mass is 10.0. The summed E-state index contributed by atoms with van der Waals surface area (Å²) in [7, 11) is 0. The van der Waals surface area contributed by atoms with Gasteiger partial charge in [0.25, 0.3) is 0 Å². The van der Waals surface area contributed by atoms with Gasteiger partial charge in [0.15, 0.2) is 0 Å². The molecule has 1 aromatic carbocycles. The van der Waals surface area contributed by atoms with Gasteiger partial charge in [0.2, 0.25) is 0 Å². The first-order valence-corrected chi connectivity index (χ1v) is 7.96. The fourth-order valence-electron chi connectivity index (χ4n) is 1.64. The van der Waals surface area contributed by atoms with Crippen LogP contribution < -0.4 is 0 Å². The highest BCUT2D eigenvalue weighted by Crippen LogP contribution is 2.31. The lowest BCUT2D eigenvalue weighted by Crippen LogP contribution is -1.95. The molecule has 1 unspecified atom stereocenters. The molecule has 0 amide bonds. The molecule has 0 fully saturated rings. The van der Waals surface area contributed by atoms with Crippen LogP contribution in [0, 0.1) is 9.81 Å². The van der Waals surface area contributed by atoms with Crippen LogP contribution in [0.5, 0.6) is 0 Å². The second kappa shape index (κ2) is 5.65. The highest BCUT2D eigenvalue weighted by Gasteiger charge is 2.11. The molecule has 0 spiro atoms. The van der Waals surface area contributed by atoms with Crippen LogP contribution in [0.3, 0.4) is 0 Å². The molecule has 16 heavy (non-hydrogen) atoms. The third-order valence-electron chi connectivity index (χ3n) is 2.61. The number of benzene rings is 1. The Hall–Kier alpha value is 0.130. The number of rotatable bonds is 3. The normalized spacial score (nSPS) is 12.7. The van der Waals surface area contributed by atoms with Crippen molar-refractivity contribution in [1.82, 2.24) is 0 Å². The molecule has 0 aliphatic rings. The Balaban J connectivity index is 2.13. The quantitative estimate of drug-likeness (QED) is 0.476. The molecule has 0 aliphatic heterocycles. The summed E-state index contributed by atoms with van der Waals surface area (Å²) in [4.78, 5) is 0.424. The lowest BCUT2D eigenvalue weighted by Gasteiger charge is -2.10. The summed E-state index contributed by atoms with van der Waals surface area (Å²) in [6.45, 7) is 2.17. The van der Waals surface area contributed by atoms with Crippen LogP contribution in [-0.2, 0) is 6.42 Å². The Morgan fingerprint density at radius 1 is 1.38 bits per heavy atom. The van der Waals surface area contributed by atoms with Crippen molar-refractivity contribution < 1.29 is 0 Å². The van der Waals surface area contributed by atoms with Crippen LogP contribution in [0.4, 0.5) is 0 Å². The predicted molar refractivity (Wildman–Crippen MR) is 83.6 cm³/mol. The summed E-state index contributed by atoms with van der Waals surface area (Å²) in [6.07, 6.45) is 1.06. The zero-order valence-corrected chi connectivity index (χ0v) is 13.5. The van der Waals surface area contributed by atoms with Gasteiger partial charge in [-0.25, -0.2) is 0 Å². The number of halogens is 2. The molecule has 0 N–H and O–H groups in total. The number of thiophene rings is 1. The third-order valence-corrected chi connectivity index (χ3v) is 5.27. The number of hydrogen-bond donors (Lipinski definition) is 0. The number of aryl methyl sites for hydroxylation is 1. The van der Waals surface area contributed by atoms with Crippen LogP contribution >= 0.6 is 49.9 Å². The minimum Gasteiger partial charge on any atom is -0.137 e. The summed E-state index contributed by atoms with van der Waals surface area (Å²) >= 11 is 7.95. The summed E-state index contributed by atoms with van der Waals surface area (Å²) in [5.74, 6) is 0. The summed E-state index contributed by atoms with van der Waals surface area (Å²) < 4.78 is 1.35. The molecule has 84 valence electrons. The van der Waals surface area contributed by atoms with E-state index in [1.54, 1.807) is 11.3 Å². The molecular weight excluding hydrogens is 395 g/mol. The van der Waals surface area contributed by atoms with Crippen molar-refractivity contribution in [2.75, 3.05) is 0 Å². The van der Waals surface area contributed by atoms with E-state index in [1.807, 2.05) is 0 Å². The fourth-order valence-corrected chi connectivity index (χ4v) is 3.85. The molecule has 0 saturated heterocycles. The van der Waals surface area contributed by atoms with Gasteiger partial charge in [-0.1, -0.05) is 40.2 Å². The first kappa shape index (κ1) is 12.6. The SMILES string of the molecule is Cc1ccccc1CC(Br)c1csc(I)c1. The molecule has 2 aromatic rings. The molecule has 0 saturated carbocycles. The van der Waals surface area contributed by atoms with E-state index in [1.165, 1.54) is 19.6 Å². The van der Waals surface area contributed by atoms with E-state index in [-0.39, 0.29) is 0 Å². The zero-order valence-electron chi connectivity index (χ0n) is 8.91. The minimum absolute atomic E-state index is 0.424. The molecule has 3 heteroatoms. The van der Waals surface area contributed by atoms with Gasteiger partial charge >= 0.3 is 0 Å². The van der Waals surface area contributed by atoms with E-state index in [0.29, 0.717) is 4.83 Å². The van der Waals surface area contributed by atoms with E-state index >= 15 is 0 Å². The molecule has 0 radical (unpaired) electrons. The Kier molecular flexibility index (Phi) is 4.44. The predicted octanol–water partition coefficient (Wildman–Crippen LogP) is 5.34. The van der Waals surface area contributed by atoms with Gasteiger partial charge in [0.1, 0.15) is 0 Å². The fraction of sp³-hybridized carbons (Fsp3) is 0.231. The molecule has 1 atom stereocenters. The third kappa shape index (κ3) is 3.08. The summed E-state index contributed by atoms with van der Waals surface area (Å²) in [5.41, 5.74) is 4.18. The van der Waals surface area contributed by atoms with Crippen molar-refractivity contribution in [2.24, 2.45) is 0 Å². The Bertz CT molecular complexity index is 478. The van der Waals surface area contributed by atoms with E-state index in [4.69, 9.17) is 0 Å². The maximum atomic E-state index is 3.77. The Morgan fingerprint density at radius 2 is 2.12 bits per heavy atom. The van der Waals surface area contributed by atoms with Crippen LogP contribution in [-0.4, -0.2) is 0 Å². The maximum absolute atomic E-state index is 3.77. The smallest absolute Gasteiger partial charge is 0.0656 e. The standard InChI is InChI=1S/C13H12BrIS/c1-9-4-2-3-5-10(9)6-12(14)11-7-13(15)16-8-11/h2-5,7-8,12H,6H2,1H3. The Labute approximate surface area is 122 Å². The molecular formula is C13H12BrIS. The summed E-state index contributed by atoms with van der Waals surface area (Å²) in [6, 6.07) is 10.8. The van der Waals surface area contributed by atoms with Crippen LogP contribution in [0.1, 0.15) is 21.5 Å². The molecule has 0 nitrogen and oxygen atoms in total. The van der Waals surface area contributed by atoms with Crippen LogP contribution in [0.2, 0.25) is 0 Å². The van der Waals surface area contributed by atoms with Crippen molar-refractivity contribution in [3.63, 3.8) is 0 Å². The average molecular weight is 407 g/mol. The highest BCUT2D eigenvalue weighted by atomic mass is 127. The van der Waals surface area contributed by atoms with E-state index in [2.05, 4.69) is 81.2 Å². The van der Waals surface area contributed by atoms with E-state index in [0.717, 1.165) is 6.42 Å². The van der Waals surface area contributed by atoms with Gasteiger partial charge in [0, 0.05) is 4.83 Å². The molecule has 0 aliphatic carbocycles. The number of alkyl halides is 1. The van der Waals surface area contributed by atoms with Gasteiger partial charge in [-0.15, -0.1) is 11.3 Å². The largest absolute Gasteiger partial charge is 0.137 e.